The highest BCUT2D eigenvalue weighted by Gasteiger charge is 2.41. The molecule has 104 valence electrons. The molecular weight excluding hydrogens is 264 g/mol. The summed E-state index contributed by atoms with van der Waals surface area (Å²) in [6.07, 6.45) is 2.41. The first-order valence-corrected chi connectivity index (χ1v) is 6.16. The van der Waals surface area contributed by atoms with Gasteiger partial charge in [0.1, 0.15) is 5.69 Å². The number of aromatic nitrogens is 1. The fourth-order valence-corrected chi connectivity index (χ4v) is 2.45. The lowest BCUT2D eigenvalue weighted by Gasteiger charge is -2.21. The Morgan fingerprint density at radius 2 is 1.63 bits per heavy atom. The van der Waals surface area contributed by atoms with Crippen molar-refractivity contribution in [3.63, 3.8) is 0 Å². The lowest BCUT2D eigenvalue weighted by Crippen LogP contribution is -2.32. The van der Waals surface area contributed by atoms with Crippen molar-refractivity contribution in [3.05, 3.63) is 23.5 Å². The minimum Gasteiger partial charge on any atom is -0.376 e. The predicted octanol–water partition coefficient (Wildman–Crippen LogP) is 2.62. The molecule has 2 atom stereocenters. The van der Waals surface area contributed by atoms with Crippen LogP contribution in [0.5, 0.6) is 0 Å². The molecule has 2 heterocycles. The van der Waals surface area contributed by atoms with Gasteiger partial charge in [-0.05, 0) is 25.2 Å². The molecule has 1 aliphatic carbocycles. The molecule has 2 aliphatic rings. The summed E-state index contributed by atoms with van der Waals surface area (Å²) in [5.41, 5.74) is -0.800. The van der Waals surface area contributed by atoms with Crippen molar-refractivity contribution in [2.24, 2.45) is 5.92 Å². The van der Waals surface area contributed by atoms with Crippen molar-refractivity contribution < 1.29 is 22.3 Å². The summed E-state index contributed by atoms with van der Waals surface area (Å²) in [4.78, 5) is 2.52. The summed E-state index contributed by atoms with van der Waals surface area (Å²) in [5.74, 6) is -5.94. The topological polar surface area (TPSA) is 34.2 Å². The standard InChI is InChI=1S/C12H12F4N2O/c13-7-9(8(14)12(16)18-11(7)15)17-6-3-4-19-10(6)5-1-2-5/h5-6,10H,1-4H2,(H,17,18). The van der Waals surface area contributed by atoms with Crippen LogP contribution >= 0.6 is 0 Å². The molecule has 1 aromatic heterocycles. The van der Waals surface area contributed by atoms with Crippen LogP contribution in [-0.4, -0.2) is 23.7 Å². The van der Waals surface area contributed by atoms with Crippen LogP contribution in [0.25, 0.3) is 0 Å². The number of hydrogen-bond acceptors (Lipinski definition) is 3. The molecule has 1 aliphatic heterocycles. The molecule has 1 N–H and O–H groups in total. The molecule has 1 saturated heterocycles. The van der Waals surface area contributed by atoms with Crippen LogP contribution in [0.3, 0.4) is 0 Å². The highest BCUT2D eigenvalue weighted by Crippen LogP contribution is 2.40. The minimum absolute atomic E-state index is 0.155. The van der Waals surface area contributed by atoms with Gasteiger partial charge in [-0.2, -0.15) is 22.5 Å². The van der Waals surface area contributed by atoms with Gasteiger partial charge in [0.05, 0.1) is 12.1 Å². The Morgan fingerprint density at radius 3 is 2.21 bits per heavy atom. The van der Waals surface area contributed by atoms with Gasteiger partial charge >= 0.3 is 0 Å². The zero-order chi connectivity index (χ0) is 13.6. The Morgan fingerprint density at radius 1 is 1.00 bits per heavy atom. The van der Waals surface area contributed by atoms with E-state index in [9.17, 15) is 17.6 Å². The van der Waals surface area contributed by atoms with Crippen LogP contribution in [0.1, 0.15) is 19.3 Å². The number of halogens is 4. The second-order valence-electron chi connectivity index (χ2n) is 4.91. The second-order valence-corrected chi connectivity index (χ2v) is 4.91. The molecule has 1 aromatic rings. The quantitative estimate of drug-likeness (QED) is 0.680. The Bertz CT molecular complexity index is 481. The molecule has 1 saturated carbocycles. The molecular formula is C12H12F4N2O. The Balaban J connectivity index is 1.86. The van der Waals surface area contributed by atoms with Crippen LogP contribution in [0.15, 0.2) is 0 Å². The Kier molecular flexibility index (Phi) is 3.08. The maximum atomic E-state index is 13.5. The molecule has 0 bridgehead atoms. The number of nitrogens with one attached hydrogen (secondary N) is 1. The van der Waals surface area contributed by atoms with Crippen LogP contribution < -0.4 is 5.32 Å². The molecule has 3 rings (SSSR count). The van der Waals surface area contributed by atoms with E-state index in [-0.39, 0.29) is 12.1 Å². The number of rotatable bonds is 3. The van der Waals surface area contributed by atoms with Crippen LogP contribution in [0, 0.1) is 29.4 Å². The molecule has 19 heavy (non-hydrogen) atoms. The summed E-state index contributed by atoms with van der Waals surface area (Å²) in [6.45, 7) is 0.470. The van der Waals surface area contributed by atoms with Gasteiger partial charge in [0.2, 0.25) is 11.6 Å². The SMILES string of the molecule is Fc1nc(F)c(F)c(NC2CCOC2C2CC2)c1F. The summed E-state index contributed by atoms with van der Waals surface area (Å²) < 4.78 is 58.5. The average Bonchev–Trinajstić information content (AvgIpc) is 3.12. The van der Waals surface area contributed by atoms with Crippen molar-refractivity contribution in [2.75, 3.05) is 11.9 Å². The van der Waals surface area contributed by atoms with E-state index < -0.39 is 29.2 Å². The van der Waals surface area contributed by atoms with E-state index in [1.165, 1.54) is 0 Å². The van der Waals surface area contributed by atoms with Gasteiger partial charge in [-0.1, -0.05) is 0 Å². The highest BCUT2D eigenvalue weighted by atomic mass is 19.2. The summed E-state index contributed by atoms with van der Waals surface area (Å²) in [7, 11) is 0. The summed E-state index contributed by atoms with van der Waals surface area (Å²) in [6, 6.07) is -0.335. The van der Waals surface area contributed by atoms with Gasteiger partial charge in [0, 0.05) is 6.61 Å². The number of anilines is 1. The number of hydrogen-bond donors (Lipinski definition) is 1. The smallest absolute Gasteiger partial charge is 0.253 e. The van der Waals surface area contributed by atoms with Gasteiger partial charge in [-0.25, -0.2) is 0 Å². The number of nitrogens with zero attached hydrogens (tertiary/aromatic N) is 1. The summed E-state index contributed by atoms with van der Waals surface area (Å²) >= 11 is 0. The third-order valence-corrected chi connectivity index (χ3v) is 3.55. The van der Waals surface area contributed by atoms with Gasteiger partial charge in [-0.3, -0.25) is 0 Å². The number of pyridine rings is 1. The van der Waals surface area contributed by atoms with E-state index in [4.69, 9.17) is 4.74 Å². The first-order valence-electron chi connectivity index (χ1n) is 6.16. The first kappa shape index (κ1) is 12.7. The van der Waals surface area contributed by atoms with E-state index in [1.807, 2.05) is 0 Å². The van der Waals surface area contributed by atoms with Crippen LogP contribution in [0.4, 0.5) is 23.2 Å². The first-order chi connectivity index (χ1) is 9.08. The molecule has 0 aromatic carbocycles. The molecule has 2 unspecified atom stereocenters. The van der Waals surface area contributed by atoms with Crippen molar-refractivity contribution in [2.45, 2.75) is 31.4 Å². The minimum atomic E-state index is -1.65. The lowest BCUT2D eigenvalue weighted by atomic mass is 10.1. The molecule has 2 fully saturated rings. The van der Waals surface area contributed by atoms with Gasteiger partial charge in [0.15, 0.2) is 0 Å². The second kappa shape index (κ2) is 4.63. The van der Waals surface area contributed by atoms with E-state index in [0.717, 1.165) is 12.8 Å². The van der Waals surface area contributed by atoms with E-state index in [1.54, 1.807) is 0 Å². The zero-order valence-electron chi connectivity index (χ0n) is 9.93. The largest absolute Gasteiger partial charge is 0.376 e. The van der Waals surface area contributed by atoms with Gasteiger partial charge < -0.3 is 10.1 Å². The van der Waals surface area contributed by atoms with Crippen LogP contribution in [-0.2, 0) is 4.74 Å². The molecule has 7 heteroatoms. The monoisotopic (exact) mass is 276 g/mol. The zero-order valence-corrected chi connectivity index (χ0v) is 9.93. The maximum Gasteiger partial charge on any atom is 0.253 e. The van der Waals surface area contributed by atoms with Gasteiger partial charge in [-0.15, -0.1) is 0 Å². The third kappa shape index (κ3) is 2.27. The van der Waals surface area contributed by atoms with Crippen molar-refractivity contribution in [1.82, 2.24) is 4.98 Å². The molecule has 0 amide bonds. The molecule has 0 spiro atoms. The van der Waals surface area contributed by atoms with Crippen LogP contribution in [0.2, 0.25) is 0 Å². The summed E-state index contributed by atoms with van der Waals surface area (Å²) in [5, 5.41) is 2.54. The molecule has 0 radical (unpaired) electrons. The number of ether oxygens (including phenoxy) is 1. The van der Waals surface area contributed by atoms with E-state index >= 15 is 0 Å². The fourth-order valence-electron chi connectivity index (χ4n) is 2.45. The Labute approximate surface area is 107 Å². The van der Waals surface area contributed by atoms with E-state index in [2.05, 4.69) is 10.3 Å². The highest BCUT2D eigenvalue weighted by molar-refractivity contribution is 5.46. The normalized spacial score (nSPS) is 26.7. The van der Waals surface area contributed by atoms with Crippen molar-refractivity contribution >= 4 is 5.69 Å². The van der Waals surface area contributed by atoms with Crippen molar-refractivity contribution in [1.29, 1.82) is 0 Å². The average molecular weight is 276 g/mol. The Hall–Kier alpha value is -1.37. The van der Waals surface area contributed by atoms with E-state index in [0.29, 0.717) is 18.9 Å². The molecule has 3 nitrogen and oxygen atoms in total. The fraction of sp³-hybridized carbons (Fsp3) is 0.583. The maximum absolute atomic E-state index is 13.5. The van der Waals surface area contributed by atoms with Gasteiger partial charge in [0.25, 0.3) is 11.9 Å². The lowest BCUT2D eigenvalue weighted by molar-refractivity contribution is 0.0897. The third-order valence-electron chi connectivity index (χ3n) is 3.55. The van der Waals surface area contributed by atoms with Crippen molar-refractivity contribution in [3.8, 4) is 0 Å². The predicted molar refractivity (Wildman–Crippen MR) is 58.6 cm³/mol.